The van der Waals surface area contributed by atoms with Crippen molar-refractivity contribution in [1.82, 2.24) is 20.0 Å². The van der Waals surface area contributed by atoms with Crippen LogP contribution in [0, 0.1) is 18.8 Å². The second kappa shape index (κ2) is 10.8. The molecule has 0 unspecified atom stereocenters. The zero-order valence-electron chi connectivity index (χ0n) is 17.8. The van der Waals surface area contributed by atoms with Gasteiger partial charge in [-0.1, -0.05) is 23.1 Å². The van der Waals surface area contributed by atoms with E-state index < -0.39 is 6.03 Å². The van der Waals surface area contributed by atoms with Gasteiger partial charge in [0.2, 0.25) is 5.95 Å². The summed E-state index contributed by atoms with van der Waals surface area (Å²) in [5.74, 6) is 7.64. The van der Waals surface area contributed by atoms with Crippen LogP contribution in [-0.2, 0) is 0 Å². The standard InChI is InChI=1S/C22H25N7O2/c1-16-12-20(28-31-16)27-22(30)26-19-7-4-6-17(13-19)8-9-18-14-24-21(25-15-18)23-10-5-11-29(2)3/h4,6-7,12-15H,5,10-11H2,1-3H3,(H,23,24,25)(H2,26,27,28,30). The lowest BCUT2D eigenvalue weighted by Gasteiger charge is -2.09. The van der Waals surface area contributed by atoms with Crippen LogP contribution in [0.1, 0.15) is 23.3 Å². The first-order chi connectivity index (χ1) is 15.0. The lowest BCUT2D eigenvalue weighted by molar-refractivity contribution is 0.262. The summed E-state index contributed by atoms with van der Waals surface area (Å²) in [5.41, 5.74) is 2.07. The number of benzene rings is 1. The van der Waals surface area contributed by atoms with Gasteiger partial charge in [-0.3, -0.25) is 5.32 Å². The predicted molar refractivity (Wildman–Crippen MR) is 120 cm³/mol. The Labute approximate surface area is 181 Å². The van der Waals surface area contributed by atoms with Crippen LogP contribution in [0.4, 0.5) is 22.2 Å². The Balaban J connectivity index is 1.54. The molecule has 0 fully saturated rings. The van der Waals surface area contributed by atoms with E-state index in [9.17, 15) is 4.79 Å². The topological polar surface area (TPSA) is 108 Å². The number of amides is 2. The molecule has 9 heteroatoms. The number of hydrogen-bond acceptors (Lipinski definition) is 7. The molecule has 0 spiro atoms. The van der Waals surface area contributed by atoms with Crippen LogP contribution < -0.4 is 16.0 Å². The number of carbonyl (C=O) groups excluding carboxylic acids is 1. The van der Waals surface area contributed by atoms with E-state index >= 15 is 0 Å². The number of aryl methyl sites for hydroxylation is 1. The van der Waals surface area contributed by atoms with Gasteiger partial charge in [0.1, 0.15) is 5.76 Å². The Bertz CT molecular complexity index is 1070. The average Bonchev–Trinajstić information content (AvgIpc) is 3.15. The average molecular weight is 419 g/mol. The minimum atomic E-state index is -0.416. The van der Waals surface area contributed by atoms with Crippen LogP contribution in [0.3, 0.4) is 0 Å². The molecule has 9 nitrogen and oxygen atoms in total. The molecule has 3 N–H and O–H groups in total. The van der Waals surface area contributed by atoms with Crippen molar-refractivity contribution in [3.8, 4) is 11.8 Å². The second-order valence-corrected chi connectivity index (χ2v) is 7.11. The summed E-state index contributed by atoms with van der Waals surface area (Å²) in [4.78, 5) is 22.8. The number of anilines is 3. The van der Waals surface area contributed by atoms with Gasteiger partial charge in [0.05, 0.1) is 5.56 Å². The Hall–Kier alpha value is -3.90. The van der Waals surface area contributed by atoms with Crippen molar-refractivity contribution in [2.45, 2.75) is 13.3 Å². The first-order valence-corrected chi connectivity index (χ1v) is 9.82. The maximum Gasteiger partial charge on any atom is 0.324 e. The fourth-order valence-electron chi connectivity index (χ4n) is 2.60. The lowest BCUT2D eigenvalue weighted by Crippen LogP contribution is -2.19. The first-order valence-electron chi connectivity index (χ1n) is 9.82. The van der Waals surface area contributed by atoms with Crippen molar-refractivity contribution < 1.29 is 9.32 Å². The molecule has 3 rings (SSSR count). The van der Waals surface area contributed by atoms with Crippen molar-refractivity contribution in [1.29, 1.82) is 0 Å². The summed E-state index contributed by atoms with van der Waals surface area (Å²) in [6, 6.07) is 8.45. The summed E-state index contributed by atoms with van der Waals surface area (Å²) >= 11 is 0. The van der Waals surface area contributed by atoms with Crippen molar-refractivity contribution in [2.24, 2.45) is 0 Å². The Kier molecular flexibility index (Phi) is 7.56. The van der Waals surface area contributed by atoms with Gasteiger partial charge in [-0.05, 0) is 52.2 Å². The Morgan fingerprint density at radius 1 is 1.10 bits per heavy atom. The number of urea groups is 1. The molecule has 160 valence electrons. The van der Waals surface area contributed by atoms with Crippen LogP contribution in [-0.4, -0.2) is 53.2 Å². The van der Waals surface area contributed by atoms with E-state index in [0.717, 1.165) is 25.1 Å². The van der Waals surface area contributed by atoms with Gasteiger partial charge in [-0.15, -0.1) is 0 Å². The van der Waals surface area contributed by atoms with Gasteiger partial charge in [0.25, 0.3) is 0 Å². The summed E-state index contributed by atoms with van der Waals surface area (Å²) in [7, 11) is 4.09. The molecule has 0 radical (unpaired) electrons. The Morgan fingerprint density at radius 3 is 2.58 bits per heavy atom. The van der Waals surface area contributed by atoms with Crippen molar-refractivity contribution in [3.63, 3.8) is 0 Å². The number of nitrogens with zero attached hydrogens (tertiary/aromatic N) is 4. The molecule has 2 amide bonds. The molecular weight excluding hydrogens is 394 g/mol. The molecule has 0 aliphatic rings. The highest BCUT2D eigenvalue weighted by Gasteiger charge is 2.06. The van der Waals surface area contributed by atoms with Gasteiger partial charge in [-0.2, -0.15) is 0 Å². The normalized spacial score (nSPS) is 10.3. The molecule has 2 heterocycles. The number of rotatable bonds is 7. The van der Waals surface area contributed by atoms with Crippen LogP contribution >= 0.6 is 0 Å². The number of nitrogens with one attached hydrogen (secondary N) is 3. The SMILES string of the molecule is Cc1cc(NC(=O)Nc2cccc(C#Cc3cnc(NCCCN(C)C)nc3)c2)no1. The number of hydrogen-bond donors (Lipinski definition) is 3. The molecule has 3 aromatic rings. The second-order valence-electron chi connectivity index (χ2n) is 7.11. The minimum Gasteiger partial charge on any atom is -0.360 e. The predicted octanol–water partition coefficient (Wildman–Crippen LogP) is 3.18. The lowest BCUT2D eigenvalue weighted by atomic mass is 10.2. The maximum atomic E-state index is 12.1. The highest BCUT2D eigenvalue weighted by molar-refractivity contribution is 5.99. The Morgan fingerprint density at radius 2 is 1.87 bits per heavy atom. The maximum absolute atomic E-state index is 12.1. The zero-order valence-corrected chi connectivity index (χ0v) is 17.8. The van der Waals surface area contributed by atoms with Gasteiger partial charge < -0.3 is 20.1 Å². The van der Waals surface area contributed by atoms with Gasteiger partial charge in [0.15, 0.2) is 5.82 Å². The quantitative estimate of drug-likeness (QED) is 0.399. The van der Waals surface area contributed by atoms with Crippen LogP contribution in [0.5, 0.6) is 0 Å². The van der Waals surface area contributed by atoms with Crippen molar-refractivity contribution >= 4 is 23.5 Å². The molecule has 0 aliphatic heterocycles. The van der Waals surface area contributed by atoms with Gasteiger partial charge in [0, 0.05) is 36.3 Å². The third kappa shape index (κ3) is 7.45. The van der Waals surface area contributed by atoms with E-state index in [4.69, 9.17) is 4.52 Å². The van der Waals surface area contributed by atoms with E-state index in [1.807, 2.05) is 26.2 Å². The molecule has 0 aliphatic carbocycles. The summed E-state index contributed by atoms with van der Waals surface area (Å²) in [6.45, 7) is 3.57. The van der Waals surface area contributed by atoms with E-state index in [1.165, 1.54) is 0 Å². The summed E-state index contributed by atoms with van der Waals surface area (Å²) in [6.07, 6.45) is 4.38. The van der Waals surface area contributed by atoms with Crippen LogP contribution in [0.25, 0.3) is 0 Å². The molecule has 1 aromatic carbocycles. The first kappa shape index (κ1) is 21.8. The highest BCUT2D eigenvalue weighted by Crippen LogP contribution is 2.12. The van der Waals surface area contributed by atoms with E-state index in [1.54, 1.807) is 37.5 Å². The van der Waals surface area contributed by atoms with E-state index in [-0.39, 0.29) is 0 Å². The highest BCUT2D eigenvalue weighted by atomic mass is 16.5. The van der Waals surface area contributed by atoms with Crippen LogP contribution in [0.2, 0.25) is 0 Å². The molecule has 0 bridgehead atoms. The zero-order chi connectivity index (χ0) is 22.1. The smallest absolute Gasteiger partial charge is 0.324 e. The largest absolute Gasteiger partial charge is 0.360 e. The molecule has 31 heavy (non-hydrogen) atoms. The van der Waals surface area contributed by atoms with Crippen molar-refractivity contribution in [2.75, 3.05) is 43.1 Å². The third-order valence-electron chi connectivity index (χ3n) is 4.06. The fourth-order valence-corrected chi connectivity index (χ4v) is 2.60. The van der Waals surface area contributed by atoms with Crippen LogP contribution in [0.15, 0.2) is 47.2 Å². The molecule has 0 atom stereocenters. The number of carbonyl (C=O) groups is 1. The molecule has 0 saturated heterocycles. The summed E-state index contributed by atoms with van der Waals surface area (Å²) < 4.78 is 4.92. The molecular formula is C22H25N7O2. The molecule has 0 saturated carbocycles. The third-order valence-corrected chi connectivity index (χ3v) is 4.06. The fraction of sp³-hybridized carbons (Fsp3) is 0.273. The van der Waals surface area contributed by atoms with E-state index in [2.05, 4.69) is 47.8 Å². The van der Waals surface area contributed by atoms with Crippen molar-refractivity contribution in [3.05, 3.63) is 59.6 Å². The van der Waals surface area contributed by atoms with E-state index in [0.29, 0.717) is 28.8 Å². The number of aromatic nitrogens is 3. The van der Waals surface area contributed by atoms with Gasteiger partial charge >= 0.3 is 6.03 Å². The summed E-state index contributed by atoms with van der Waals surface area (Å²) in [5, 5.41) is 12.3. The minimum absolute atomic E-state index is 0.349. The monoisotopic (exact) mass is 419 g/mol. The molecule has 2 aromatic heterocycles. The van der Waals surface area contributed by atoms with Gasteiger partial charge in [-0.25, -0.2) is 14.8 Å².